The van der Waals surface area contributed by atoms with Crippen molar-refractivity contribution in [2.45, 2.75) is 29.7 Å². The molecular formula is C5H9Br2F. The molecule has 0 unspecified atom stereocenters. The summed E-state index contributed by atoms with van der Waals surface area (Å²) in [7, 11) is 0. The quantitative estimate of drug-likeness (QED) is 0.669. The van der Waals surface area contributed by atoms with Gasteiger partial charge in [-0.25, -0.2) is 4.39 Å². The van der Waals surface area contributed by atoms with Crippen molar-refractivity contribution in [3.05, 3.63) is 0 Å². The minimum absolute atomic E-state index is 0.531. The second kappa shape index (κ2) is 3.83. The number of alkyl halides is 3. The Labute approximate surface area is 66.1 Å². The average molecular weight is 248 g/mol. The van der Waals surface area contributed by atoms with Crippen molar-refractivity contribution in [2.24, 2.45) is 0 Å². The Kier molecular flexibility index (Phi) is 4.26. The standard InChI is InChI=1S/C5H9Br2F/c1-2-3-4-5(6,7)8/h2-4H2,1H3. The van der Waals surface area contributed by atoms with E-state index in [1.165, 1.54) is 0 Å². The predicted octanol–water partition coefficient (Wildman–Crippen LogP) is 3.59. The third kappa shape index (κ3) is 6.89. The van der Waals surface area contributed by atoms with Crippen LogP contribution in [0.3, 0.4) is 0 Å². The molecule has 50 valence electrons. The smallest absolute Gasteiger partial charge is 0.218 e. The number of halogens is 3. The minimum Gasteiger partial charge on any atom is -0.219 e. The first-order chi connectivity index (χ1) is 3.56. The fraction of sp³-hybridized carbons (Fsp3) is 1.00. The Balaban J connectivity index is 3.11. The van der Waals surface area contributed by atoms with E-state index in [-0.39, 0.29) is 0 Å². The van der Waals surface area contributed by atoms with E-state index in [2.05, 4.69) is 31.9 Å². The monoisotopic (exact) mass is 246 g/mol. The van der Waals surface area contributed by atoms with Gasteiger partial charge in [0, 0.05) is 6.42 Å². The Morgan fingerprint density at radius 2 is 2.00 bits per heavy atom. The van der Waals surface area contributed by atoms with Crippen LogP contribution in [0.25, 0.3) is 0 Å². The molecule has 3 heteroatoms. The van der Waals surface area contributed by atoms with E-state index < -0.39 is 3.49 Å². The van der Waals surface area contributed by atoms with Crippen LogP contribution in [-0.4, -0.2) is 3.49 Å². The summed E-state index contributed by atoms with van der Waals surface area (Å²) in [4.78, 5) is 0. The van der Waals surface area contributed by atoms with Crippen molar-refractivity contribution in [1.82, 2.24) is 0 Å². The van der Waals surface area contributed by atoms with Gasteiger partial charge in [0.15, 0.2) is 0 Å². The highest BCUT2D eigenvalue weighted by molar-refractivity contribution is 9.25. The lowest BCUT2D eigenvalue weighted by molar-refractivity contribution is 0.397. The summed E-state index contributed by atoms with van der Waals surface area (Å²) in [5.41, 5.74) is 0. The number of unbranched alkanes of at least 4 members (excludes halogenated alkanes) is 1. The van der Waals surface area contributed by atoms with Gasteiger partial charge in [0.1, 0.15) is 0 Å². The highest BCUT2D eigenvalue weighted by Gasteiger charge is 2.18. The largest absolute Gasteiger partial charge is 0.219 e. The van der Waals surface area contributed by atoms with Gasteiger partial charge in [0.2, 0.25) is 3.49 Å². The topological polar surface area (TPSA) is 0 Å². The Morgan fingerprint density at radius 1 is 1.50 bits per heavy atom. The number of hydrogen-bond donors (Lipinski definition) is 0. The molecular weight excluding hydrogens is 239 g/mol. The summed E-state index contributed by atoms with van der Waals surface area (Å²) >= 11 is 5.66. The van der Waals surface area contributed by atoms with Crippen LogP contribution in [0.5, 0.6) is 0 Å². The Bertz CT molecular complexity index is 57.9. The molecule has 0 amide bonds. The van der Waals surface area contributed by atoms with Gasteiger partial charge in [-0.2, -0.15) is 0 Å². The van der Waals surface area contributed by atoms with Gasteiger partial charge in [-0.15, -0.1) is 0 Å². The fourth-order valence-corrected chi connectivity index (χ4v) is 0.938. The highest BCUT2D eigenvalue weighted by atomic mass is 79.9. The summed E-state index contributed by atoms with van der Waals surface area (Å²) in [5, 5.41) is 0. The van der Waals surface area contributed by atoms with E-state index >= 15 is 0 Å². The van der Waals surface area contributed by atoms with Crippen molar-refractivity contribution in [2.75, 3.05) is 0 Å². The zero-order valence-electron chi connectivity index (χ0n) is 4.76. The van der Waals surface area contributed by atoms with Crippen LogP contribution in [0.1, 0.15) is 26.2 Å². The van der Waals surface area contributed by atoms with E-state index in [4.69, 9.17) is 0 Å². The highest BCUT2D eigenvalue weighted by Crippen LogP contribution is 2.32. The second-order valence-corrected chi connectivity index (χ2v) is 5.30. The zero-order valence-corrected chi connectivity index (χ0v) is 7.93. The summed E-state index contributed by atoms with van der Waals surface area (Å²) in [5.74, 6) is 0. The van der Waals surface area contributed by atoms with Gasteiger partial charge >= 0.3 is 0 Å². The van der Waals surface area contributed by atoms with Crippen molar-refractivity contribution in [3.8, 4) is 0 Å². The summed E-state index contributed by atoms with van der Waals surface area (Å²) in [6.07, 6.45) is 2.47. The number of hydrogen-bond acceptors (Lipinski definition) is 0. The van der Waals surface area contributed by atoms with Crippen LogP contribution in [0, 0.1) is 0 Å². The van der Waals surface area contributed by atoms with Crippen molar-refractivity contribution < 1.29 is 4.39 Å². The van der Waals surface area contributed by atoms with Gasteiger partial charge < -0.3 is 0 Å². The normalized spacial score (nSPS) is 12.0. The molecule has 0 radical (unpaired) electrons. The van der Waals surface area contributed by atoms with Gasteiger partial charge in [-0.1, -0.05) is 13.3 Å². The molecule has 0 rings (SSSR count). The molecule has 0 aromatic carbocycles. The third-order valence-electron chi connectivity index (χ3n) is 0.814. The van der Waals surface area contributed by atoms with Gasteiger partial charge in [-0.3, -0.25) is 0 Å². The molecule has 0 nitrogen and oxygen atoms in total. The van der Waals surface area contributed by atoms with Crippen LogP contribution in [0.4, 0.5) is 4.39 Å². The third-order valence-corrected chi connectivity index (χ3v) is 1.61. The maximum Gasteiger partial charge on any atom is 0.218 e. The van der Waals surface area contributed by atoms with Crippen LogP contribution in [-0.2, 0) is 0 Å². The molecule has 0 atom stereocenters. The molecule has 0 aliphatic rings. The molecule has 0 fully saturated rings. The van der Waals surface area contributed by atoms with Crippen LogP contribution in [0.15, 0.2) is 0 Å². The first kappa shape index (κ1) is 8.89. The SMILES string of the molecule is CCCCC(F)(Br)Br. The second-order valence-electron chi connectivity index (χ2n) is 1.72. The first-order valence-corrected chi connectivity index (χ1v) is 4.21. The fourth-order valence-electron chi connectivity index (χ4n) is 0.377. The van der Waals surface area contributed by atoms with E-state index in [1.807, 2.05) is 6.92 Å². The van der Waals surface area contributed by atoms with Crippen molar-refractivity contribution >= 4 is 31.9 Å². The minimum atomic E-state index is -1.32. The molecule has 8 heavy (non-hydrogen) atoms. The van der Waals surface area contributed by atoms with Crippen molar-refractivity contribution in [1.29, 1.82) is 0 Å². The van der Waals surface area contributed by atoms with Crippen LogP contribution < -0.4 is 0 Å². The molecule has 0 aromatic heterocycles. The maximum atomic E-state index is 12.4. The number of rotatable bonds is 3. The first-order valence-electron chi connectivity index (χ1n) is 2.63. The molecule has 0 spiro atoms. The van der Waals surface area contributed by atoms with Crippen LogP contribution in [0.2, 0.25) is 0 Å². The average Bonchev–Trinajstić information content (AvgIpc) is 1.59. The van der Waals surface area contributed by atoms with Crippen LogP contribution >= 0.6 is 31.9 Å². The van der Waals surface area contributed by atoms with E-state index in [0.29, 0.717) is 6.42 Å². The lowest BCUT2D eigenvalue weighted by atomic mass is 10.3. The zero-order chi connectivity index (χ0) is 6.62. The molecule has 0 bridgehead atoms. The molecule has 0 aliphatic carbocycles. The molecule has 0 aromatic rings. The maximum absolute atomic E-state index is 12.4. The Hall–Kier alpha value is 0.890. The lowest BCUT2D eigenvalue weighted by Gasteiger charge is -2.06. The molecule has 0 heterocycles. The predicted molar refractivity (Wildman–Crippen MR) is 41.2 cm³/mol. The molecule has 0 aliphatic heterocycles. The molecule has 0 saturated carbocycles. The van der Waals surface area contributed by atoms with Gasteiger partial charge in [0.05, 0.1) is 0 Å². The molecule has 0 N–H and O–H groups in total. The van der Waals surface area contributed by atoms with Gasteiger partial charge in [0.25, 0.3) is 0 Å². The summed E-state index contributed by atoms with van der Waals surface area (Å²) in [6.45, 7) is 2.03. The van der Waals surface area contributed by atoms with E-state index in [9.17, 15) is 4.39 Å². The summed E-state index contributed by atoms with van der Waals surface area (Å²) in [6, 6.07) is 0. The van der Waals surface area contributed by atoms with Crippen molar-refractivity contribution in [3.63, 3.8) is 0 Å². The van der Waals surface area contributed by atoms with E-state index in [0.717, 1.165) is 12.8 Å². The van der Waals surface area contributed by atoms with E-state index in [1.54, 1.807) is 0 Å². The summed E-state index contributed by atoms with van der Waals surface area (Å²) < 4.78 is 11.1. The lowest BCUT2D eigenvalue weighted by Crippen LogP contribution is -1.99. The van der Waals surface area contributed by atoms with Gasteiger partial charge in [-0.05, 0) is 38.3 Å². The Morgan fingerprint density at radius 3 is 2.12 bits per heavy atom. The molecule has 0 saturated heterocycles.